The maximum atomic E-state index is 5.49. The quantitative estimate of drug-likeness (QED) is 0.734. The minimum atomic E-state index is 0.587. The summed E-state index contributed by atoms with van der Waals surface area (Å²) in [6, 6.07) is 0.587. The van der Waals surface area contributed by atoms with Crippen LogP contribution in [0.25, 0.3) is 0 Å². The van der Waals surface area contributed by atoms with Crippen LogP contribution in [0.5, 0.6) is 0 Å². The first kappa shape index (κ1) is 14.3. The van der Waals surface area contributed by atoms with E-state index in [1.807, 2.05) is 12.4 Å². The summed E-state index contributed by atoms with van der Waals surface area (Å²) < 4.78 is 12.6. The molecule has 1 aromatic rings. The highest BCUT2D eigenvalue weighted by atomic mass is 16.5. The summed E-state index contributed by atoms with van der Waals surface area (Å²) in [5.41, 5.74) is 0. The van der Waals surface area contributed by atoms with Crippen LogP contribution in [0.2, 0.25) is 0 Å². The third-order valence-corrected chi connectivity index (χ3v) is 3.56. The van der Waals surface area contributed by atoms with Crippen LogP contribution in [-0.2, 0) is 16.0 Å². The zero-order valence-corrected chi connectivity index (χ0v) is 11.8. The highest BCUT2D eigenvalue weighted by molar-refractivity contribution is 5.27. The molecule has 1 aromatic heterocycles. The second-order valence-corrected chi connectivity index (χ2v) is 5.03. The molecule has 2 rings (SSSR count). The van der Waals surface area contributed by atoms with Crippen molar-refractivity contribution in [3.05, 3.63) is 12.4 Å². The van der Waals surface area contributed by atoms with Crippen LogP contribution in [0.3, 0.4) is 0 Å². The first-order valence-corrected chi connectivity index (χ1v) is 7.24. The summed E-state index contributed by atoms with van der Waals surface area (Å²) >= 11 is 0. The molecule has 0 unspecified atom stereocenters. The van der Waals surface area contributed by atoms with E-state index in [1.165, 1.54) is 32.1 Å². The standard InChI is InChI=1S/C14H25N3O2/c1-18-11-12-19-10-9-17-8-7-15-14(17)16-13-5-3-2-4-6-13/h7-8,13H,2-6,9-12H2,1H3,(H,15,16). The molecule has 0 amide bonds. The number of nitrogens with one attached hydrogen (secondary N) is 1. The molecule has 0 aromatic carbocycles. The molecule has 0 spiro atoms. The minimum Gasteiger partial charge on any atom is -0.382 e. The summed E-state index contributed by atoms with van der Waals surface area (Å²) in [4.78, 5) is 4.40. The van der Waals surface area contributed by atoms with E-state index >= 15 is 0 Å². The Morgan fingerprint density at radius 1 is 1.26 bits per heavy atom. The Morgan fingerprint density at radius 3 is 2.89 bits per heavy atom. The average Bonchev–Trinajstić information content (AvgIpc) is 2.87. The van der Waals surface area contributed by atoms with Gasteiger partial charge >= 0.3 is 0 Å². The largest absolute Gasteiger partial charge is 0.382 e. The van der Waals surface area contributed by atoms with Gasteiger partial charge in [-0.1, -0.05) is 19.3 Å². The zero-order valence-electron chi connectivity index (χ0n) is 11.8. The van der Waals surface area contributed by atoms with Crippen LogP contribution in [-0.4, -0.2) is 42.5 Å². The van der Waals surface area contributed by atoms with Crippen molar-refractivity contribution in [2.45, 2.75) is 44.7 Å². The fourth-order valence-electron chi connectivity index (χ4n) is 2.47. The van der Waals surface area contributed by atoms with Gasteiger partial charge in [-0.2, -0.15) is 0 Å². The lowest BCUT2D eigenvalue weighted by Gasteiger charge is -2.23. The summed E-state index contributed by atoms with van der Waals surface area (Å²) in [7, 11) is 1.69. The molecule has 1 fully saturated rings. The second-order valence-electron chi connectivity index (χ2n) is 5.03. The van der Waals surface area contributed by atoms with Crippen LogP contribution in [0.15, 0.2) is 12.4 Å². The van der Waals surface area contributed by atoms with E-state index in [0.717, 1.165) is 12.5 Å². The number of nitrogens with zero attached hydrogens (tertiary/aromatic N) is 2. The molecule has 1 heterocycles. The second kappa shape index (κ2) is 8.17. The topological polar surface area (TPSA) is 48.3 Å². The number of rotatable bonds is 8. The van der Waals surface area contributed by atoms with Crippen molar-refractivity contribution >= 4 is 5.95 Å². The molecule has 1 N–H and O–H groups in total. The maximum absolute atomic E-state index is 5.49. The summed E-state index contributed by atoms with van der Waals surface area (Å²) in [6.07, 6.45) is 10.4. The smallest absolute Gasteiger partial charge is 0.203 e. The van der Waals surface area contributed by atoms with Gasteiger partial charge in [0.15, 0.2) is 0 Å². The fourth-order valence-corrected chi connectivity index (χ4v) is 2.47. The normalized spacial score (nSPS) is 16.7. The molecule has 1 aliphatic carbocycles. The Kier molecular flexibility index (Phi) is 6.17. The van der Waals surface area contributed by atoms with Crippen LogP contribution >= 0.6 is 0 Å². The molecule has 0 saturated heterocycles. The van der Waals surface area contributed by atoms with E-state index in [9.17, 15) is 0 Å². The van der Waals surface area contributed by atoms with E-state index in [4.69, 9.17) is 9.47 Å². The van der Waals surface area contributed by atoms with Crippen LogP contribution in [0, 0.1) is 0 Å². The van der Waals surface area contributed by atoms with E-state index in [0.29, 0.717) is 25.9 Å². The predicted octanol–water partition coefficient (Wildman–Crippen LogP) is 2.29. The molecular weight excluding hydrogens is 242 g/mol. The molecule has 5 nitrogen and oxygen atoms in total. The molecule has 1 saturated carbocycles. The molecule has 0 bridgehead atoms. The van der Waals surface area contributed by atoms with Gasteiger partial charge < -0.3 is 19.4 Å². The van der Waals surface area contributed by atoms with Gasteiger partial charge in [0.2, 0.25) is 5.95 Å². The van der Waals surface area contributed by atoms with Gasteiger partial charge in [-0.3, -0.25) is 0 Å². The number of ether oxygens (including phenoxy) is 2. The first-order valence-electron chi connectivity index (χ1n) is 7.24. The third kappa shape index (κ3) is 4.84. The Balaban J connectivity index is 1.73. The lowest BCUT2D eigenvalue weighted by Crippen LogP contribution is -2.24. The van der Waals surface area contributed by atoms with Crippen molar-refractivity contribution in [2.75, 3.05) is 32.2 Å². The molecule has 108 valence electrons. The third-order valence-electron chi connectivity index (χ3n) is 3.56. The van der Waals surface area contributed by atoms with Gasteiger partial charge in [-0.05, 0) is 12.8 Å². The van der Waals surface area contributed by atoms with Gasteiger partial charge in [0, 0.05) is 32.1 Å². The number of aromatic nitrogens is 2. The van der Waals surface area contributed by atoms with Crippen molar-refractivity contribution in [3.8, 4) is 0 Å². The first-order chi connectivity index (χ1) is 9.40. The maximum Gasteiger partial charge on any atom is 0.203 e. The molecule has 5 heteroatoms. The van der Waals surface area contributed by atoms with Crippen molar-refractivity contribution in [1.29, 1.82) is 0 Å². The van der Waals surface area contributed by atoms with Gasteiger partial charge in [0.1, 0.15) is 0 Å². The number of imidazole rings is 1. The van der Waals surface area contributed by atoms with Crippen molar-refractivity contribution < 1.29 is 9.47 Å². The highest BCUT2D eigenvalue weighted by Gasteiger charge is 2.14. The van der Waals surface area contributed by atoms with E-state index in [2.05, 4.69) is 14.9 Å². The van der Waals surface area contributed by atoms with Crippen LogP contribution in [0.1, 0.15) is 32.1 Å². The van der Waals surface area contributed by atoms with Gasteiger partial charge in [-0.15, -0.1) is 0 Å². The van der Waals surface area contributed by atoms with E-state index in [-0.39, 0.29) is 0 Å². The number of hydrogen-bond donors (Lipinski definition) is 1. The fraction of sp³-hybridized carbons (Fsp3) is 0.786. The SMILES string of the molecule is COCCOCCn1ccnc1NC1CCCCC1. The van der Waals surface area contributed by atoms with E-state index < -0.39 is 0 Å². The van der Waals surface area contributed by atoms with Crippen molar-refractivity contribution in [1.82, 2.24) is 9.55 Å². The van der Waals surface area contributed by atoms with E-state index in [1.54, 1.807) is 7.11 Å². The van der Waals surface area contributed by atoms with Crippen molar-refractivity contribution in [2.24, 2.45) is 0 Å². The molecular formula is C14H25N3O2. The average molecular weight is 267 g/mol. The van der Waals surface area contributed by atoms with Crippen LogP contribution < -0.4 is 5.32 Å². The summed E-state index contributed by atoms with van der Waals surface area (Å²) in [5, 5.41) is 3.55. The molecule has 0 radical (unpaired) electrons. The lowest BCUT2D eigenvalue weighted by atomic mass is 9.96. The van der Waals surface area contributed by atoms with Crippen molar-refractivity contribution in [3.63, 3.8) is 0 Å². The Morgan fingerprint density at radius 2 is 2.11 bits per heavy atom. The molecule has 19 heavy (non-hydrogen) atoms. The highest BCUT2D eigenvalue weighted by Crippen LogP contribution is 2.20. The minimum absolute atomic E-state index is 0.587. The van der Waals surface area contributed by atoms with Gasteiger partial charge in [0.25, 0.3) is 0 Å². The van der Waals surface area contributed by atoms with Crippen LogP contribution in [0.4, 0.5) is 5.95 Å². The number of hydrogen-bond acceptors (Lipinski definition) is 4. The molecule has 1 aliphatic rings. The monoisotopic (exact) mass is 267 g/mol. The number of methoxy groups -OCH3 is 1. The zero-order chi connectivity index (χ0) is 13.3. The van der Waals surface area contributed by atoms with Gasteiger partial charge in [-0.25, -0.2) is 4.98 Å². The summed E-state index contributed by atoms with van der Waals surface area (Å²) in [6.45, 7) is 2.82. The van der Waals surface area contributed by atoms with Gasteiger partial charge in [0.05, 0.1) is 19.8 Å². The molecule has 0 aliphatic heterocycles. The Hall–Kier alpha value is -1.07. The predicted molar refractivity (Wildman–Crippen MR) is 75.4 cm³/mol. The lowest BCUT2D eigenvalue weighted by molar-refractivity contribution is 0.0667. The Bertz CT molecular complexity index is 348. The molecule has 0 atom stereocenters. The number of anilines is 1. The summed E-state index contributed by atoms with van der Waals surface area (Å²) in [5.74, 6) is 0.974. The Labute approximate surface area is 115 Å².